The van der Waals surface area contributed by atoms with E-state index in [1.807, 2.05) is 0 Å². The van der Waals surface area contributed by atoms with Gasteiger partial charge in [0, 0.05) is 12.7 Å². The van der Waals surface area contributed by atoms with Crippen molar-refractivity contribution in [2.24, 2.45) is 0 Å². The highest BCUT2D eigenvalue weighted by molar-refractivity contribution is 5.88. The summed E-state index contributed by atoms with van der Waals surface area (Å²) in [5.41, 5.74) is 0. The normalized spacial score (nSPS) is 9.38. The Kier molecular flexibility index (Phi) is 3.19. The third kappa shape index (κ3) is 2.70. The molecule has 1 aromatic rings. The molecular weight excluding hydrogens is 173 g/mol. The van der Waals surface area contributed by atoms with Gasteiger partial charge >= 0.3 is 6.03 Å². The number of nitrogens with one attached hydrogen (secondary N) is 2. The Labute approximate surface area is 75.2 Å². The lowest BCUT2D eigenvalue weighted by molar-refractivity contribution is 0.252. The van der Waals surface area contributed by atoms with Crippen LogP contribution in [0.25, 0.3) is 0 Å². The molecule has 0 saturated heterocycles. The minimum absolute atomic E-state index is 0.0616. The van der Waals surface area contributed by atoms with Crippen LogP contribution in [0.4, 0.5) is 15.0 Å². The van der Waals surface area contributed by atoms with Crippen LogP contribution in [0.1, 0.15) is 6.92 Å². The monoisotopic (exact) mass is 183 g/mol. The van der Waals surface area contributed by atoms with E-state index in [4.69, 9.17) is 0 Å². The molecule has 0 aliphatic carbocycles. The fourth-order valence-electron chi connectivity index (χ4n) is 0.790. The minimum Gasteiger partial charge on any atom is -0.338 e. The Bertz CT molecular complexity index is 303. The van der Waals surface area contributed by atoms with Crippen molar-refractivity contribution in [3.63, 3.8) is 0 Å². The number of halogens is 1. The van der Waals surface area contributed by atoms with E-state index in [0.717, 1.165) is 0 Å². The molecule has 1 heterocycles. The molecule has 0 aliphatic rings. The maximum absolute atomic E-state index is 12.9. The van der Waals surface area contributed by atoms with Crippen molar-refractivity contribution in [2.45, 2.75) is 6.92 Å². The van der Waals surface area contributed by atoms with Crippen LogP contribution in [-0.4, -0.2) is 17.6 Å². The lowest BCUT2D eigenvalue weighted by atomic mass is 10.4. The van der Waals surface area contributed by atoms with E-state index in [9.17, 15) is 9.18 Å². The molecule has 0 atom stereocenters. The molecule has 0 bridgehead atoms. The Morgan fingerprint density at radius 1 is 1.69 bits per heavy atom. The summed E-state index contributed by atoms with van der Waals surface area (Å²) in [5.74, 6) is -0.609. The third-order valence-electron chi connectivity index (χ3n) is 1.33. The van der Waals surface area contributed by atoms with Gasteiger partial charge in [0.1, 0.15) is 0 Å². The van der Waals surface area contributed by atoms with Gasteiger partial charge in [0.25, 0.3) is 0 Å². The van der Waals surface area contributed by atoms with E-state index in [1.165, 1.54) is 18.3 Å². The highest BCUT2D eigenvalue weighted by Gasteiger charge is 2.04. The van der Waals surface area contributed by atoms with E-state index in [2.05, 4.69) is 15.6 Å². The summed E-state index contributed by atoms with van der Waals surface area (Å²) >= 11 is 0. The molecule has 1 rings (SSSR count). The van der Waals surface area contributed by atoms with Crippen molar-refractivity contribution in [1.29, 1.82) is 0 Å². The quantitative estimate of drug-likeness (QED) is 0.727. The van der Waals surface area contributed by atoms with Crippen molar-refractivity contribution in [3.05, 3.63) is 24.1 Å². The van der Waals surface area contributed by atoms with Crippen molar-refractivity contribution < 1.29 is 9.18 Å². The molecule has 70 valence electrons. The van der Waals surface area contributed by atoms with Gasteiger partial charge in [0.15, 0.2) is 11.6 Å². The van der Waals surface area contributed by atoms with Crippen LogP contribution in [0.2, 0.25) is 0 Å². The molecule has 0 saturated carbocycles. The van der Waals surface area contributed by atoms with Gasteiger partial charge in [0.05, 0.1) is 0 Å². The number of anilines is 1. The summed E-state index contributed by atoms with van der Waals surface area (Å²) in [7, 11) is 0. The van der Waals surface area contributed by atoms with Crippen LogP contribution in [0.3, 0.4) is 0 Å². The lowest BCUT2D eigenvalue weighted by Crippen LogP contribution is -2.28. The smallest absolute Gasteiger partial charge is 0.320 e. The van der Waals surface area contributed by atoms with E-state index in [1.54, 1.807) is 6.92 Å². The first-order chi connectivity index (χ1) is 6.24. The maximum atomic E-state index is 12.9. The molecule has 0 radical (unpaired) electrons. The lowest BCUT2D eigenvalue weighted by Gasteiger charge is -2.04. The number of carbonyl (C=O) groups excluding carboxylic acids is 1. The number of carbonyl (C=O) groups is 1. The number of pyridine rings is 1. The molecule has 0 fully saturated rings. The second-order valence-electron chi connectivity index (χ2n) is 2.32. The Morgan fingerprint density at radius 2 is 2.46 bits per heavy atom. The molecule has 1 aromatic heterocycles. The summed E-state index contributed by atoms with van der Waals surface area (Å²) in [4.78, 5) is 14.6. The first-order valence-corrected chi connectivity index (χ1v) is 3.89. The van der Waals surface area contributed by atoms with E-state index in [0.29, 0.717) is 6.54 Å². The summed E-state index contributed by atoms with van der Waals surface area (Å²) in [6, 6.07) is 2.23. The van der Waals surface area contributed by atoms with Crippen LogP contribution < -0.4 is 10.6 Å². The minimum atomic E-state index is -0.547. The van der Waals surface area contributed by atoms with E-state index in [-0.39, 0.29) is 5.82 Å². The molecular formula is C8H10FN3O. The first-order valence-electron chi connectivity index (χ1n) is 3.89. The fraction of sp³-hybridized carbons (Fsp3) is 0.250. The first kappa shape index (κ1) is 9.44. The Morgan fingerprint density at radius 3 is 3.08 bits per heavy atom. The predicted molar refractivity (Wildman–Crippen MR) is 46.9 cm³/mol. The molecule has 4 nitrogen and oxygen atoms in total. The molecule has 0 spiro atoms. The number of hydrogen-bond donors (Lipinski definition) is 2. The van der Waals surface area contributed by atoms with Gasteiger partial charge in [-0.15, -0.1) is 0 Å². The largest absolute Gasteiger partial charge is 0.338 e. The van der Waals surface area contributed by atoms with Gasteiger partial charge in [-0.25, -0.2) is 14.2 Å². The van der Waals surface area contributed by atoms with Crippen molar-refractivity contribution in [3.8, 4) is 0 Å². The predicted octanol–water partition coefficient (Wildman–Crippen LogP) is 1.36. The number of rotatable bonds is 2. The van der Waals surface area contributed by atoms with Crippen LogP contribution in [-0.2, 0) is 0 Å². The molecule has 2 amide bonds. The van der Waals surface area contributed by atoms with Gasteiger partial charge in [-0.2, -0.15) is 0 Å². The molecule has 2 N–H and O–H groups in total. The summed E-state index contributed by atoms with van der Waals surface area (Å²) in [6.07, 6.45) is 1.41. The van der Waals surface area contributed by atoms with E-state index >= 15 is 0 Å². The number of nitrogens with zero attached hydrogens (tertiary/aromatic N) is 1. The van der Waals surface area contributed by atoms with E-state index < -0.39 is 11.8 Å². The van der Waals surface area contributed by atoms with Crippen molar-refractivity contribution in [2.75, 3.05) is 11.9 Å². The standard InChI is InChI=1S/C8H10FN3O/c1-2-10-8(13)12-7-6(9)4-3-5-11-7/h3-5H,2H2,1H3,(H2,10,11,12,13). The number of amides is 2. The zero-order chi connectivity index (χ0) is 9.68. The van der Waals surface area contributed by atoms with Gasteiger partial charge in [-0.05, 0) is 19.1 Å². The van der Waals surface area contributed by atoms with Gasteiger partial charge in [-0.1, -0.05) is 0 Å². The second kappa shape index (κ2) is 4.39. The van der Waals surface area contributed by atoms with Crippen LogP contribution in [0, 0.1) is 5.82 Å². The molecule has 0 aliphatic heterocycles. The number of hydrogen-bond acceptors (Lipinski definition) is 2. The topological polar surface area (TPSA) is 54.0 Å². The zero-order valence-electron chi connectivity index (χ0n) is 7.17. The summed E-state index contributed by atoms with van der Waals surface area (Å²) in [6.45, 7) is 2.26. The molecule has 0 unspecified atom stereocenters. The molecule has 0 aromatic carbocycles. The fourth-order valence-corrected chi connectivity index (χ4v) is 0.790. The van der Waals surface area contributed by atoms with Crippen LogP contribution in [0.5, 0.6) is 0 Å². The van der Waals surface area contributed by atoms with Gasteiger partial charge in [0.2, 0.25) is 0 Å². The number of urea groups is 1. The van der Waals surface area contributed by atoms with Gasteiger partial charge < -0.3 is 5.32 Å². The average molecular weight is 183 g/mol. The summed E-state index contributed by atoms with van der Waals surface area (Å²) < 4.78 is 12.9. The highest BCUT2D eigenvalue weighted by atomic mass is 19.1. The van der Waals surface area contributed by atoms with Crippen molar-refractivity contribution >= 4 is 11.8 Å². The average Bonchev–Trinajstić information content (AvgIpc) is 2.09. The Balaban J connectivity index is 2.63. The molecule has 13 heavy (non-hydrogen) atoms. The zero-order valence-corrected chi connectivity index (χ0v) is 7.17. The van der Waals surface area contributed by atoms with Crippen LogP contribution in [0.15, 0.2) is 18.3 Å². The SMILES string of the molecule is CCNC(=O)Nc1ncccc1F. The van der Waals surface area contributed by atoms with Crippen molar-refractivity contribution in [1.82, 2.24) is 10.3 Å². The highest BCUT2D eigenvalue weighted by Crippen LogP contribution is 2.07. The van der Waals surface area contributed by atoms with Crippen LogP contribution >= 0.6 is 0 Å². The Hall–Kier alpha value is -1.65. The second-order valence-corrected chi connectivity index (χ2v) is 2.32. The molecule has 5 heteroatoms. The number of aromatic nitrogens is 1. The third-order valence-corrected chi connectivity index (χ3v) is 1.33. The summed E-state index contributed by atoms with van der Waals surface area (Å²) in [5, 5.41) is 4.74. The maximum Gasteiger partial charge on any atom is 0.320 e. The van der Waals surface area contributed by atoms with Gasteiger partial charge in [-0.3, -0.25) is 5.32 Å².